The second kappa shape index (κ2) is 6.21. The first-order valence-corrected chi connectivity index (χ1v) is 5.79. The van der Waals surface area contributed by atoms with E-state index in [2.05, 4.69) is 0 Å². The van der Waals surface area contributed by atoms with E-state index in [1.54, 1.807) is 0 Å². The Bertz CT molecular complexity index is 408. The van der Waals surface area contributed by atoms with Gasteiger partial charge in [-0.15, -0.1) is 11.6 Å². The first-order valence-electron chi connectivity index (χ1n) is 4.88. The van der Waals surface area contributed by atoms with E-state index < -0.39 is 18.2 Å². The summed E-state index contributed by atoms with van der Waals surface area (Å²) >= 11 is 11.3. The zero-order valence-electron chi connectivity index (χ0n) is 8.81. The third kappa shape index (κ3) is 3.85. The van der Waals surface area contributed by atoms with E-state index in [9.17, 15) is 15.0 Å². The number of hydrogen-bond donors (Lipinski definition) is 3. The number of carbonyl (C=O) groups is 1. The summed E-state index contributed by atoms with van der Waals surface area (Å²) in [6.07, 6.45) is -2.41. The Morgan fingerprint density at radius 1 is 1.35 bits per heavy atom. The van der Waals surface area contributed by atoms with Crippen LogP contribution in [0.5, 0.6) is 0 Å². The Morgan fingerprint density at radius 3 is 2.47 bits per heavy atom. The van der Waals surface area contributed by atoms with Crippen molar-refractivity contribution in [1.82, 2.24) is 0 Å². The molecule has 1 aromatic rings. The molecule has 4 nitrogen and oxygen atoms in total. The van der Waals surface area contributed by atoms with Gasteiger partial charge < -0.3 is 15.3 Å². The molecule has 0 bridgehead atoms. The Labute approximate surface area is 108 Å². The van der Waals surface area contributed by atoms with Crippen LogP contribution in [0, 0.1) is 0 Å². The zero-order chi connectivity index (χ0) is 13.0. The van der Waals surface area contributed by atoms with Crippen molar-refractivity contribution in [3.63, 3.8) is 0 Å². The molecule has 0 amide bonds. The summed E-state index contributed by atoms with van der Waals surface area (Å²) in [4.78, 5) is 10.5. The van der Waals surface area contributed by atoms with Crippen molar-refractivity contribution in [2.45, 2.75) is 18.6 Å². The number of aliphatic hydroxyl groups excluding tert-OH is 2. The molecule has 0 fully saturated rings. The van der Waals surface area contributed by atoms with Crippen LogP contribution in [-0.2, 0) is 11.2 Å². The number of hydrogen-bond acceptors (Lipinski definition) is 3. The second-order valence-electron chi connectivity index (χ2n) is 3.59. The molecule has 0 saturated heterocycles. The predicted octanol–water partition coefficient (Wildman–Crippen LogP) is 1.60. The van der Waals surface area contributed by atoms with E-state index in [1.807, 2.05) is 0 Å². The van der Waals surface area contributed by atoms with Crippen LogP contribution in [0.4, 0.5) is 0 Å². The molecule has 17 heavy (non-hydrogen) atoms. The standard InChI is InChI=1S/C11H12Cl2O4/c12-5-9(14)11(17)7-2-1-6(4-10(15)16)8(13)3-7/h1-3,9,11,14,17H,4-5H2,(H,15,16). The average Bonchev–Trinajstić information content (AvgIpc) is 2.29. The molecule has 0 aliphatic carbocycles. The summed E-state index contributed by atoms with van der Waals surface area (Å²) in [6, 6.07) is 4.46. The maximum atomic E-state index is 10.5. The van der Waals surface area contributed by atoms with Gasteiger partial charge in [0.2, 0.25) is 0 Å². The molecule has 0 spiro atoms. The number of carboxylic acid groups (broad SMARTS) is 1. The fraction of sp³-hybridized carbons (Fsp3) is 0.364. The quantitative estimate of drug-likeness (QED) is 0.715. The van der Waals surface area contributed by atoms with Crippen molar-refractivity contribution < 1.29 is 20.1 Å². The average molecular weight is 279 g/mol. The zero-order valence-corrected chi connectivity index (χ0v) is 10.3. The van der Waals surface area contributed by atoms with E-state index in [-0.39, 0.29) is 17.3 Å². The molecule has 0 aliphatic rings. The molecule has 0 aliphatic heterocycles. The number of aliphatic hydroxyl groups is 2. The van der Waals surface area contributed by atoms with Gasteiger partial charge >= 0.3 is 5.97 Å². The molecule has 2 unspecified atom stereocenters. The molecule has 94 valence electrons. The number of carboxylic acids is 1. The SMILES string of the molecule is O=C(O)Cc1ccc(C(O)C(O)CCl)cc1Cl. The molecule has 0 aromatic heterocycles. The van der Waals surface area contributed by atoms with Crippen molar-refractivity contribution in [2.75, 3.05) is 5.88 Å². The van der Waals surface area contributed by atoms with Gasteiger partial charge in [0.15, 0.2) is 0 Å². The van der Waals surface area contributed by atoms with Gasteiger partial charge in [-0.1, -0.05) is 23.7 Å². The van der Waals surface area contributed by atoms with E-state index in [1.165, 1.54) is 18.2 Å². The number of aliphatic carboxylic acids is 1. The molecule has 0 heterocycles. The highest BCUT2D eigenvalue weighted by Crippen LogP contribution is 2.24. The van der Waals surface area contributed by atoms with Gasteiger partial charge in [-0.3, -0.25) is 4.79 Å². The maximum absolute atomic E-state index is 10.5. The van der Waals surface area contributed by atoms with Crippen molar-refractivity contribution >= 4 is 29.2 Å². The second-order valence-corrected chi connectivity index (χ2v) is 4.30. The minimum absolute atomic E-state index is 0.102. The van der Waals surface area contributed by atoms with Gasteiger partial charge in [0.1, 0.15) is 6.10 Å². The molecular weight excluding hydrogens is 267 g/mol. The highest BCUT2D eigenvalue weighted by Gasteiger charge is 2.18. The molecule has 1 aromatic carbocycles. The van der Waals surface area contributed by atoms with Crippen LogP contribution in [0.2, 0.25) is 5.02 Å². The van der Waals surface area contributed by atoms with Crippen molar-refractivity contribution in [1.29, 1.82) is 0 Å². The van der Waals surface area contributed by atoms with Gasteiger partial charge in [0, 0.05) is 5.02 Å². The number of rotatable bonds is 5. The lowest BCUT2D eigenvalue weighted by Gasteiger charge is -2.16. The molecule has 3 N–H and O–H groups in total. The molecular formula is C11H12Cl2O4. The van der Waals surface area contributed by atoms with Gasteiger partial charge in [0.25, 0.3) is 0 Å². The highest BCUT2D eigenvalue weighted by molar-refractivity contribution is 6.31. The van der Waals surface area contributed by atoms with Crippen LogP contribution < -0.4 is 0 Å². The Morgan fingerprint density at radius 2 is 2.00 bits per heavy atom. The van der Waals surface area contributed by atoms with Gasteiger partial charge in [-0.2, -0.15) is 0 Å². The van der Waals surface area contributed by atoms with Gasteiger partial charge in [-0.05, 0) is 17.2 Å². The molecule has 6 heteroatoms. The van der Waals surface area contributed by atoms with Crippen molar-refractivity contribution in [2.24, 2.45) is 0 Å². The van der Waals surface area contributed by atoms with E-state index >= 15 is 0 Å². The Hall–Kier alpha value is -0.810. The third-order valence-corrected chi connectivity index (χ3v) is 2.95. The van der Waals surface area contributed by atoms with Crippen LogP contribution >= 0.6 is 23.2 Å². The summed E-state index contributed by atoms with van der Waals surface area (Å²) in [6.45, 7) is 0. The smallest absolute Gasteiger partial charge is 0.307 e. The minimum atomic E-state index is -1.14. The highest BCUT2D eigenvalue weighted by atomic mass is 35.5. The molecule has 2 atom stereocenters. The van der Waals surface area contributed by atoms with Crippen LogP contribution in [-0.4, -0.2) is 33.3 Å². The normalized spacial score (nSPS) is 14.4. The lowest BCUT2D eigenvalue weighted by molar-refractivity contribution is -0.136. The third-order valence-electron chi connectivity index (χ3n) is 2.28. The van der Waals surface area contributed by atoms with Gasteiger partial charge in [-0.25, -0.2) is 0 Å². The molecule has 0 saturated carbocycles. The maximum Gasteiger partial charge on any atom is 0.307 e. The van der Waals surface area contributed by atoms with Crippen LogP contribution in [0.3, 0.4) is 0 Å². The Balaban J connectivity index is 2.92. The van der Waals surface area contributed by atoms with Gasteiger partial charge in [0.05, 0.1) is 18.4 Å². The van der Waals surface area contributed by atoms with Crippen LogP contribution in [0.1, 0.15) is 17.2 Å². The summed E-state index contributed by atoms with van der Waals surface area (Å²) in [5, 5.41) is 27.9. The lowest BCUT2D eigenvalue weighted by Crippen LogP contribution is -2.19. The van der Waals surface area contributed by atoms with E-state index in [4.69, 9.17) is 28.3 Å². The number of halogens is 2. The molecule has 0 radical (unpaired) electrons. The Kier molecular flexibility index (Phi) is 5.21. The monoisotopic (exact) mass is 278 g/mol. The minimum Gasteiger partial charge on any atom is -0.481 e. The largest absolute Gasteiger partial charge is 0.481 e. The first-order chi connectivity index (χ1) is 7.95. The van der Waals surface area contributed by atoms with Crippen molar-refractivity contribution in [3.05, 3.63) is 34.3 Å². The fourth-order valence-corrected chi connectivity index (χ4v) is 1.78. The predicted molar refractivity (Wildman–Crippen MR) is 64.5 cm³/mol. The number of benzene rings is 1. The van der Waals surface area contributed by atoms with E-state index in [0.29, 0.717) is 11.1 Å². The van der Waals surface area contributed by atoms with Crippen LogP contribution in [0.15, 0.2) is 18.2 Å². The fourth-order valence-electron chi connectivity index (χ4n) is 1.36. The summed E-state index contributed by atoms with van der Waals surface area (Å²) in [5.41, 5.74) is 0.854. The topological polar surface area (TPSA) is 77.8 Å². The lowest BCUT2D eigenvalue weighted by atomic mass is 10.0. The van der Waals surface area contributed by atoms with Crippen LogP contribution in [0.25, 0.3) is 0 Å². The number of alkyl halides is 1. The van der Waals surface area contributed by atoms with E-state index in [0.717, 1.165) is 0 Å². The summed E-state index contributed by atoms with van der Waals surface area (Å²) in [5.74, 6) is -1.09. The summed E-state index contributed by atoms with van der Waals surface area (Å²) < 4.78 is 0. The molecule has 1 rings (SSSR count). The first kappa shape index (κ1) is 14.3. The summed E-state index contributed by atoms with van der Waals surface area (Å²) in [7, 11) is 0. The van der Waals surface area contributed by atoms with Crippen molar-refractivity contribution in [3.8, 4) is 0 Å².